The number of thiophene rings is 1. The average molecular weight is 382 g/mol. The fourth-order valence-corrected chi connectivity index (χ4v) is 5.16. The highest BCUT2D eigenvalue weighted by Gasteiger charge is 2.26. The van der Waals surface area contributed by atoms with Crippen LogP contribution in [0.3, 0.4) is 0 Å². The molecule has 0 fully saturated rings. The van der Waals surface area contributed by atoms with Gasteiger partial charge in [-0.15, -0.1) is 11.3 Å². The molecule has 0 aliphatic heterocycles. The van der Waals surface area contributed by atoms with E-state index in [-0.39, 0.29) is 11.3 Å². The molecule has 1 aliphatic carbocycles. The summed E-state index contributed by atoms with van der Waals surface area (Å²) in [5.41, 5.74) is 1.46. The van der Waals surface area contributed by atoms with Gasteiger partial charge in [-0.2, -0.15) is 0 Å². The molecule has 1 aliphatic rings. The number of hydrogen-bond donors (Lipinski definition) is 3. The van der Waals surface area contributed by atoms with E-state index in [0.29, 0.717) is 29.1 Å². The third kappa shape index (κ3) is 3.37. The highest BCUT2D eigenvalue weighted by atomic mass is 32.1. The van der Waals surface area contributed by atoms with Crippen LogP contribution in [0.4, 0.5) is 0 Å². The first-order chi connectivity index (χ1) is 13.0. The maximum atomic E-state index is 12.6. The van der Waals surface area contributed by atoms with Crippen LogP contribution in [0.15, 0.2) is 35.1 Å². The largest absolute Gasteiger partial charge is 0.506 e. The fraction of sp³-hybridized carbons (Fsp3) is 0.333. The molecule has 6 heteroatoms. The third-order valence-corrected chi connectivity index (χ3v) is 6.38. The second kappa shape index (κ2) is 7.19. The van der Waals surface area contributed by atoms with Crippen LogP contribution in [0.2, 0.25) is 0 Å². The molecule has 2 aromatic heterocycles. The molecule has 1 unspecified atom stereocenters. The zero-order valence-electron chi connectivity index (χ0n) is 15.2. The van der Waals surface area contributed by atoms with E-state index in [1.807, 2.05) is 30.3 Å². The molecule has 140 valence electrons. The van der Waals surface area contributed by atoms with Gasteiger partial charge < -0.3 is 15.4 Å². The molecule has 0 bridgehead atoms. The molecule has 0 radical (unpaired) electrons. The van der Waals surface area contributed by atoms with Gasteiger partial charge in [0, 0.05) is 11.4 Å². The maximum absolute atomic E-state index is 12.6. The first kappa shape index (κ1) is 17.8. The number of aromatic hydroxyl groups is 1. The summed E-state index contributed by atoms with van der Waals surface area (Å²) in [6, 6.07) is 9.81. The summed E-state index contributed by atoms with van der Waals surface area (Å²) in [4.78, 5) is 29.7. The van der Waals surface area contributed by atoms with Crippen molar-refractivity contribution in [2.24, 2.45) is 5.92 Å². The molecule has 5 nitrogen and oxygen atoms in total. The van der Waals surface area contributed by atoms with Crippen molar-refractivity contribution < 1.29 is 9.90 Å². The Morgan fingerprint density at radius 2 is 2.11 bits per heavy atom. The number of aryl methyl sites for hydroxylation is 1. The van der Waals surface area contributed by atoms with E-state index in [0.717, 1.165) is 30.4 Å². The number of nitrogens with one attached hydrogen (secondary N) is 2. The number of fused-ring (bicyclic) bond motifs is 3. The van der Waals surface area contributed by atoms with Crippen molar-refractivity contribution in [1.82, 2.24) is 10.3 Å². The summed E-state index contributed by atoms with van der Waals surface area (Å²) < 4.78 is 0. The van der Waals surface area contributed by atoms with E-state index >= 15 is 0 Å². The summed E-state index contributed by atoms with van der Waals surface area (Å²) in [6.45, 7) is 2.61. The maximum Gasteiger partial charge on any atom is 0.265 e. The predicted octanol–water partition coefficient (Wildman–Crippen LogP) is 3.39. The molecule has 3 aromatic rings. The Kier molecular flexibility index (Phi) is 4.74. The van der Waals surface area contributed by atoms with Crippen molar-refractivity contribution in [3.8, 4) is 5.75 Å². The van der Waals surface area contributed by atoms with Gasteiger partial charge in [-0.05, 0) is 42.7 Å². The normalized spacial score (nSPS) is 16.3. The number of hydrogen-bond acceptors (Lipinski definition) is 4. The van der Waals surface area contributed by atoms with E-state index in [9.17, 15) is 14.7 Å². The van der Waals surface area contributed by atoms with Crippen molar-refractivity contribution >= 4 is 27.5 Å². The van der Waals surface area contributed by atoms with Crippen molar-refractivity contribution in [2.45, 2.75) is 32.6 Å². The summed E-state index contributed by atoms with van der Waals surface area (Å²) in [5, 5.41) is 14.2. The second-order valence-electron chi connectivity index (χ2n) is 7.23. The number of aromatic amines is 1. The van der Waals surface area contributed by atoms with Crippen LogP contribution < -0.4 is 10.9 Å². The van der Waals surface area contributed by atoms with E-state index in [2.05, 4.69) is 17.2 Å². The molecule has 1 atom stereocenters. The number of amides is 1. The van der Waals surface area contributed by atoms with Crippen LogP contribution in [0.5, 0.6) is 5.75 Å². The van der Waals surface area contributed by atoms with Gasteiger partial charge in [0.25, 0.3) is 11.5 Å². The Balaban J connectivity index is 1.61. The zero-order chi connectivity index (χ0) is 19.0. The van der Waals surface area contributed by atoms with Crippen molar-refractivity contribution in [3.63, 3.8) is 0 Å². The van der Waals surface area contributed by atoms with Crippen LogP contribution in [-0.2, 0) is 19.3 Å². The quantitative estimate of drug-likeness (QED) is 0.647. The third-order valence-electron chi connectivity index (χ3n) is 5.21. The lowest BCUT2D eigenvalue weighted by Crippen LogP contribution is -2.31. The predicted molar refractivity (Wildman–Crippen MR) is 108 cm³/mol. The summed E-state index contributed by atoms with van der Waals surface area (Å²) in [5.74, 6) is -0.117. The summed E-state index contributed by atoms with van der Waals surface area (Å²) in [7, 11) is 0. The van der Waals surface area contributed by atoms with Crippen molar-refractivity contribution in [1.29, 1.82) is 0 Å². The zero-order valence-corrected chi connectivity index (χ0v) is 16.0. The topological polar surface area (TPSA) is 82.2 Å². The molecule has 1 amide bonds. The number of rotatable bonds is 4. The van der Waals surface area contributed by atoms with E-state index in [4.69, 9.17) is 0 Å². The highest BCUT2D eigenvalue weighted by Crippen LogP contribution is 2.41. The Hall–Kier alpha value is -2.60. The van der Waals surface area contributed by atoms with E-state index < -0.39 is 11.5 Å². The van der Waals surface area contributed by atoms with Crippen LogP contribution in [0, 0.1) is 5.92 Å². The average Bonchev–Trinajstić information content (AvgIpc) is 2.99. The van der Waals surface area contributed by atoms with Crippen LogP contribution in [-0.4, -0.2) is 22.5 Å². The first-order valence-electron chi connectivity index (χ1n) is 9.26. The molecular weight excluding hydrogens is 360 g/mol. The smallest absolute Gasteiger partial charge is 0.265 e. The van der Waals surface area contributed by atoms with Gasteiger partial charge in [0.15, 0.2) is 0 Å². The van der Waals surface area contributed by atoms with Crippen LogP contribution in [0.1, 0.15) is 39.7 Å². The van der Waals surface area contributed by atoms with Crippen molar-refractivity contribution in [2.75, 3.05) is 6.54 Å². The minimum absolute atomic E-state index is 0.182. The first-order valence-corrected chi connectivity index (χ1v) is 10.1. The Morgan fingerprint density at radius 3 is 2.89 bits per heavy atom. The SMILES string of the molecule is CC1CCc2c(sc3[nH]c(=O)c(C(=O)NCCc4ccccc4)c(O)c23)C1. The van der Waals surface area contributed by atoms with Crippen LogP contribution >= 0.6 is 11.3 Å². The van der Waals surface area contributed by atoms with Gasteiger partial charge in [0.2, 0.25) is 0 Å². The number of carbonyl (C=O) groups is 1. The number of H-pyrrole nitrogens is 1. The fourth-order valence-electron chi connectivity index (χ4n) is 3.75. The molecule has 0 saturated carbocycles. The Morgan fingerprint density at radius 1 is 1.33 bits per heavy atom. The van der Waals surface area contributed by atoms with Crippen LogP contribution in [0.25, 0.3) is 10.2 Å². The lowest BCUT2D eigenvalue weighted by atomic mass is 9.89. The van der Waals surface area contributed by atoms with Gasteiger partial charge in [0.05, 0.1) is 5.39 Å². The number of aromatic nitrogens is 1. The molecule has 0 spiro atoms. The summed E-state index contributed by atoms with van der Waals surface area (Å²) in [6.07, 6.45) is 3.54. The van der Waals surface area contributed by atoms with E-state index in [1.165, 1.54) is 16.2 Å². The van der Waals surface area contributed by atoms with Gasteiger partial charge in [-0.1, -0.05) is 37.3 Å². The molecular formula is C21H22N2O3S. The second-order valence-corrected chi connectivity index (χ2v) is 8.33. The number of pyridine rings is 1. The monoisotopic (exact) mass is 382 g/mol. The molecule has 27 heavy (non-hydrogen) atoms. The van der Waals surface area contributed by atoms with Gasteiger partial charge >= 0.3 is 0 Å². The standard InChI is InChI=1S/C21H22N2O3S/c1-12-7-8-14-15(11-12)27-21-16(14)18(24)17(20(26)23-21)19(25)22-10-9-13-5-3-2-4-6-13/h2-6,12H,7-11H2,1H3,(H,22,25)(H2,23,24,26). The van der Waals surface area contributed by atoms with Gasteiger partial charge in [-0.25, -0.2) is 0 Å². The molecule has 4 rings (SSSR count). The Labute approximate surface area is 161 Å². The summed E-state index contributed by atoms with van der Waals surface area (Å²) >= 11 is 1.52. The lowest BCUT2D eigenvalue weighted by molar-refractivity contribution is 0.0950. The minimum atomic E-state index is -0.538. The lowest BCUT2D eigenvalue weighted by Gasteiger charge is -2.18. The number of benzene rings is 1. The molecule has 1 aromatic carbocycles. The van der Waals surface area contributed by atoms with Gasteiger partial charge in [0.1, 0.15) is 16.1 Å². The molecule has 2 heterocycles. The minimum Gasteiger partial charge on any atom is -0.506 e. The van der Waals surface area contributed by atoms with Gasteiger partial charge in [-0.3, -0.25) is 9.59 Å². The molecule has 3 N–H and O–H groups in total. The number of carbonyl (C=O) groups excluding carboxylic acids is 1. The highest BCUT2D eigenvalue weighted by molar-refractivity contribution is 7.18. The molecule has 0 saturated heterocycles. The van der Waals surface area contributed by atoms with E-state index in [1.54, 1.807) is 0 Å². The van der Waals surface area contributed by atoms with Crippen molar-refractivity contribution in [3.05, 3.63) is 62.3 Å². The Bertz CT molecular complexity index is 1050.